The van der Waals surface area contributed by atoms with Gasteiger partial charge in [-0.3, -0.25) is 9.47 Å². The number of nitrogens with zero attached hydrogens (tertiary/aromatic N) is 5. The Morgan fingerprint density at radius 3 is 2.68 bits per heavy atom. The van der Waals surface area contributed by atoms with Crippen LogP contribution in [0.3, 0.4) is 0 Å². The number of aromatic nitrogens is 4. The number of piperidine rings is 1. The lowest BCUT2D eigenvalue weighted by Crippen LogP contribution is -2.37. The fourth-order valence-electron chi connectivity index (χ4n) is 3.79. The molecule has 1 aliphatic heterocycles. The van der Waals surface area contributed by atoms with Crippen LogP contribution in [0.1, 0.15) is 24.1 Å². The third-order valence-corrected chi connectivity index (χ3v) is 5.20. The van der Waals surface area contributed by atoms with Crippen LogP contribution in [0.2, 0.25) is 0 Å². The van der Waals surface area contributed by atoms with Gasteiger partial charge in [-0.15, -0.1) is 10.2 Å². The van der Waals surface area contributed by atoms with Crippen LogP contribution in [-0.4, -0.2) is 56.1 Å². The molecule has 1 aromatic carbocycles. The van der Waals surface area contributed by atoms with Crippen molar-refractivity contribution in [2.75, 3.05) is 20.2 Å². The van der Waals surface area contributed by atoms with Gasteiger partial charge < -0.3 is 9.84 Å². The summed E-state index contributed by atoms with van der Waals surface area (Å²) in [5, 5.41) is 17.6. The van der Waals surface area contributed by atoms with Gasteiger partial charge in [0.2, 0.25) is 0 Å². The summed E-state index contributed by atoms with van der Waals surface area (Å²) in [5.74, 6) is 1.60. The minimum absolute atomic E-state index is 0.219. The molecular formula is C21H25N5O2. The van der Waals surface area contributed by atoms with Crippen LogP contribution in [-0.2, 0) is 6.54 Å². The fraction of sp³-hybridized carbons (Fsp3) is 0.381. The van der Waals surface area contributed by atoms with Gasteiger partial charge in [0.25, 0.3) is 0 Å². The first kappa shape index (κ1) is 18.6. The second kappa shape index (κ2) is 8.08. The van der Waals surface area contributed by atoms with Crippen molar-refractivity contribution in [2.24, 2.45) is 0 Å². The van der Waals surface area contributed by atoms with Crippen molar-refractivity contribution < 1.29 is 9.84 Å². The summed E-state index contributed by atoms with van der Waals surface area (Å²) in [6.45, 7) is 4.57. The van der Waals surface area contributed by atoms with Gasteiger partial charge in [-0.25, -0.2) is 4.98 Å². The highest BCUT2D eigenvalue weighted by atomic mass is 16.5. The van der Waals surface area contributed by atoms with E-state index in [1.807, 2.05) is 19.1 Å². The van der Waals surface area contributed by atoms with E-state index in [9.17, 15) is 5.11 Å². The summed E-state index contributed by atoms with van der Waals surface area (Å²) < 4.78 is 7.40. The summed E-state index contributed by atoms with van der Waals surface area (Å²) in [5.41, 5.74) is 4.18. The third kappa shape index (κ3) is 3.90. The van der Waals surface area contributed by atoms with Gasteiger partial charge in [-0.1, -0.05) is 6.07 Å². The number of rotatable bonds is 5. The lowest BCUT2D eigenvalue weighted by molar-refractivity contribution is 0.0668. The molecule has 3 aromatic rings. The first-order valence-corrected chi connectivity index (χ1v) is 9.54. The molecule has 0 bridgehead atoms. The predicted octanol–water partition coefficient (Wildman–Crippen LogP) is 2.60. The van der Waals surface area contributed by atoms with Crippen molar-refractivity contribution in [3.8, 4) is 22.7 Å². The second-order valence-corrected chi connectivity index (χ2v) is 7.24. The molecule has 3 heterocycles. The SMILES string of the molecule is COc1ccc(CN2CCCC(O)C2)cc1-c1ccc(-n2cnnc2)nc1C. The van der Waals surface area contributed by atoms with Crippen LogP contribution in [0.5, 0.6) is 5.75 Å². The van der Waals surface area contributed by atoms with E-state index in [4.69, 9.17) is 9.72 Å². The standard InChI is InChI=1S/C21H25N5O2/c1-15-18(6-8-21(24-15)26-13-22-23-14-26)19-10-16(5-7-20(19)28-2)11-25-9-3-4-17(27)12-25/h5-8,10,13-14,17,27H,3-4,9,11-12H2,1-2H3. The van der Waals surface area contributed by atoms with Gasteiger partial charge in [0, 0.05) is 29.9 Å². The normalized spacial score (nSPS) is 17.6. The number of hydrogen-bond donors (Lipinski definition) is 1. The van der Waals surface area contributed by atoms with Crippen LogP contribution >= 0.6 is 0 Å². The molecule has 1 unspecified atom stereocenters. The Morgan fingerprint density at radius 1 is 1.14 bits per heavy atom. The fourth-order valence-corrected chi connectivity index (χ4v) is 3.79. The van der Waals surface area contributed by atoms with Gasteiger partial charge in [-0.2, -0.15) is 0 Å². The van der Waals surface area contributed by atoms with Crippen molar-refractivity contribution >= 4 is 0 Å². The average molecular weight is 379 g/mol. The first-order chi connectivity index (χ1) is 13.6. The summed E-state index contributed by atoms with van der Waals surface area (Å²) in [4.78, 5) is 7.01. The molecule has 28 heavy (non-hydrogen) atoms. The van der Waals surface area contributed by atoms with Crippen LogP contribution in [0.4, 0.5) is 0 Å². The number of aliphatic hydroxyl groups is 1. The van der Waals surface area contributed by atoms with Crippen molar-refractivity contribution in [3.63, 3.8) is 0 Å². The molecule has 7 heteroatoms. The molecule has 1 atom stereocenters. The van der Waals surface area contributed by atoms with E-state index in [0.717, 1.165) is 60.9 Å². The van der Waals surface area contributed by atoms with Crippen molar-refractivity contribution in [3.05, 3.63) is 54.2 Å². The summed E-state index contributed by atoms with van der Waals surface area (Å²) >= 11 is 0. The van der Waals surface area contributed by atoms with Crippen LogP contribution in [0, 0.1) is 6.92 Å². The Morgan fingerprint density at radius 2 is 1.96 bits per heavy atom. The summed E-state index contributed by atoms with van der Waals surface area (Å²) in [6, 6.07) is 10.3. The Balaban J connectivity index is 1.64. The first-order valence-electron chi connectivity index (χ1n) is 9.54. The molecule has 4 rings (SSSR count). The molecule has 0 aliphatic carbocycles. The third-order valence-electron chi connectivity index (χ3n) is 5.20. The Hall–Kier alpha value is -2.77. The molecule has 0 saturated carbocycles. The number of likely N-dealkylation sites (tertiary alicyclic amines) is 1. The maximum Gasteiger partial charge on any atom is 0.139 e. The number of benzene rings is 1. The minimum atomic E-state index is -0.219. The van der Waals surface area contributed by atoms with Crippen LogP contribution in [0.25, 0.3) is 16.9 Å². The van der Waals surface area contributed by atoms with Crippen molar-refractivity contribution in [1.82, 2.24) is 24.6 Å². The highest BCUT2D eigenvalue weighted by Crippen LogP contribution is 2.33. The van der Waals surface area contributed by atoms with Crippen molar-refractivity contribution in [2.45, 2.75) is 32.4 Å². The Bertz CT molecular complexity index is 942. The molecule has 0 spiro atoms. The minimum Gasteiger partial charge on any atom is -0.496 e. The highest BCUT2D eigenvalue weighted by Gasteiger charge is 2.18. The lowest BCUT2D eigenvalue weighted by Gasteiger charge is -2.30. The number of ether oxygens (including phenoxy) is 1. The molecule has 1 fully saturated rings. The van der Waals surface area contributed by atoms with E-state index in [0.29, 0.717) is 0 Å². The second-order valence-electron chi connectivity index (χ2n) is 7.24. The summed E-state index contributed by atoms with van der Waals surface area (Å²) in [7, 11) is 1.69. The van der Waals surface area contributed by atoms with Crippen molar-refractivity contribution in [1.29, 1.82) is 0 Å². The zero-order valence-corrected chi connectivity index (χ0v) is 16.2. The quantitative estimate of drug-likeness (QED) is 0.734. The molecule has 7 nitrogen and oxygen atoms in total. The molecule has 146 valence electrons. The smallest absolute Gasteiger partial charge is 0.139 e. The molecule has 0 amide bonds. The van der Waals surface area contributed by atoms with E-state index in [2.05, 4.69) is 33.3 Å². The topological polar surface area (TPSA) is 76.3 Å². The van der Waals surface area contributed by atoms with Gasteiger partial charge in [0.1, 0.15) is 24.2 Å². The molecule has 1 aliphatic rings. The highest BCUT2D eigenvalue weighted by molar-refractivity contribution is 5.73. The monoisotopic (exact) mass is 379 g/mol. The maximum absolute atomic E-state index is 9.93. The van der Waals surface area contributed by atoms with E-state index < -0.39 is 0 Å². The number of β-amino-alcohol motifs (C(OH)–C–C–N with tert-alkyl or cyclic N) is 1. The van der Waals surface area contributed by atoms with E-state index in [1.54, 1.807) is 24.3 Å². The molecule has 2 aromatic heterocycles. The van der Waals surface area contributed by atoms with Crippen LogP contribution < -0.4 is 4.74 Å². The number of pyridine rings is 1. The molecule has 0 radical (unpaired) electrons. The Labute approximate surface area is 164 Å². The van der Waals surface area contributed by atoms with Gasteiger partial charge in [0.05, 0.1) is 13.2 Å². The van der Waals surface area contributed by atoms with E-state index >= 15 is 0 Å². The maximum atomic E-state index is 9.93. The zero-order chi connectivity index (χ0) is 19.5. The molecule has 1 saturated heterocycles. The number of methoxy groups -OCH3 is 1. The summed E-state index contributed by atoms with van der Waals surface area (Å²) in [6.07, 6.45) is 4.99. The van der Waals surface area contributed by atoms with E-state index in [-0.39, 0.29) is 6.10 Å². The molecule has 1 N–H and O–H groups in total. The van der Waals surface area contributed by atoms with Gasteiger partial charge in [-0.05, 0) is 56.1 Å². The predicted molar refractivity (Wildman–Crippen MR) is 106 cm³/mol. The number of aliphatic hydroxyl groups excluding tert-OH is 1. The van der Waals surface area contributed by atoms with Gasteiger partial charge in [0.15, 0.2) is 0 Å². The van der Waals surface area contributed by atoms with Crippen LogP contribution in [0.15, 0.2) is 43.0 Å². The lowest BCUT2D eigenvalue weighted by atomic mass is 9.99. The zero-order valence-electron chi connectivity index (χ0n) is 16.2. The molecular weight excluding hydrogens is 354 g/mol. The Kier molecular flexibility index (Phi) is 5.36. The number of aryl methyl sites for hydroxylation is 1. The largest absolute Gasteiger partial charge is 0.496 e. The van der Waals surface area contributed by atoms with Gasteiger partial charge >= 0.3 is 0 Å². The number of hydrogen-bond acceptors (Lipinski definition) is 6. The average Bonchev–Trinajstić information content (AvgIpc) is 3.23. The van der Waals surface area contributed by atoms with E-state index in [1.165, 1.54) is 5.56 Å².